The molecule has 1 N–H and O–H groups in total. The standard InChI is InChI=1S/C20H34N4O/c1-3-21-20(22-13-7-8-14-24-15-9-10-16-24)23(2)17-18-25-19-11-5-4-6-12-19/h4-6,11-12H,3,7-10,13-18H2,1-2H3,(H,21,22). The number of hydrogen-bond acceptors (Lipinski definition) is 3. The first-order chi connectivity index (χ1) is 12.3. The summed E-state index contributed by atoms with van der Waals surface area (Å²) in [5.74, 6) is 1.89. The zero-order valence-electron chi connectivity index (χ0n) is 15.9. The number of unbranched alkanes of at least 4 members (excludes halogenated alkanes) is 1. The lowest BCUT2D eigenvalue weighted by atomic mass is 10.3. The van der Waals surface area contributed by atoms with Gasteiger partial charge in [-0.1, -0.05) is 18.2 Å². The van der Waals surface area contributed by atoms with Crippen molar-refractivity contribution < 1.29 is 4.74 Å². The molecule has 1 aromatic rings. The van der Waals surface area contributed by atoms with Crippen molar-refractivity contribution in [1.82, 2.24) is 15.1 Å². The van der Waals surface area contributed by atoms with E-state index in [1.807, 2.05) is 30.3 Å². The zero-order valence-corrected chi connectivity index (χ0v) is 15.9. The van der Waals surface area contributed by atoms with E-state index in [4.69, 9.17) is 9.73 Å². The number of likely N-dealkylation sites (tertiary alicyclic amines) is 1. The maximum Gasteiger partial charge on any atom is 0.193 e. The average molecular weight is 347 g/mol. The molecular weight excluding hydrogens is 312 g/mol. The molecule has 0 atom stereocenters. The van der Waals surface area contributed by atoms with Crippen LogP contribution in [0.3, 0.4) is 0 Å². The van der Waals surface area contributed by atoms with Crippen LogP contribution < -0.4 is 10.1 Å². The maximum atomic E-state index is 5.77. The predicted octanol–water partition coefficient (Wildman–Crippen LogP) is 2.84. The van der Waals surface area contributed by atoms with Gasteiger partial charge in [0.25, 0.3) is 0 Å². The van der Waals surface area contributed by atoms with Gasteiger partial charge >= 0.3 is 0 Å². The molecule has 0 unspecified atom stereocenters. The fraction of sp³-hybridized carbons (Fsp3) is 0.650. The predicted molar refractivity (Wildman–Crippen MR) is 105 cm³/mol. The lowest BCUT2D eigenvalue weighted by molar-refractivity contribution is 0.281. The number of hydrogen-bond donors (Lipinski definition) is 1. The molecule has 0 aromatic heterocycles. The van der Waals surface area contributed by atoms with Crippen molar-refractivity contribution >= 4 is 5.96 Å². The number of ether oxygens (including phenoxy) is 1. The largest absolute Gasteiger partial charge is 0.492 e. The first kappa shape index (κ1) is 19.6. The third-order valence-corrected chi connectivity index (χ3v) is 4.48. The van der Waals surface area contributed by atoms with Crippen molar-refractivity contribution in [3.05, 3.63) is 30.3 Å². The van der Waals surface area contributed by atoms with Gasteiger partial charge in [-0.2, -0.15) is 0 Å². The van der Waals surface area contributed by atoms with E-state index in [0.717, 1.165) is 37.8 Å². The Hall–Kier alpha value is -1.75. The van der Waals surface area contributed by atoms with Crippen LogP contribution in [-0.2, 0) is 0 Å². The van der Waals surface area contributed by atoms with Gasteiger partial charge in [-0.15, -0.1) is 0 Å². The van der Waals surface area contributed by atoms with Crippen molar-refractivity contribution in [3.8, 4) is 5.75 Å². The Morgan fingerprint density at radius 2 is 1.96 bits per heavy atom. The van der Waals surface area contributed by atoms with Gasteiger partial charge in [0.05, 0.1) is 6.54 Å². The van der Waals surface area contributed by atoms with E-state index in [0.29, 0.717) is 6.61 Å². The van der Waals surface area contributed by atoms with Crippen LogP contribution in [-0.4, -0.2) is 68.7 Å². The van der Waals surface area contributed by atoms with E-state index >= 15 is 0 Å². The lowest BCUT2D eigenvalue weighted by Gasteiger charge is -2.22. The molecule has 0 bridgehead atoms. The van der Waals surface area contributed by atoms with E-state index in [9.17, 15) is 0 Å². The van der Waals surface area contributed by atoms with E-state index in [1.165, 1.54) is 38.9 Å². The molecule has 5 heteroatoms. The van der Waals surface area contributed by atoms with Gasteiger partial charge in [-0.25, -0.2) is 0 Å². The second-order valence-corrected chi connectivity index (χ2v) is 6.57. The summed E-state index contributed by atoms with van der Waals surface area (Å²) in [6.45, 7) is 9.15. The minimum absolute atomic E-state index is 0.653. The highest BCUT2D eigenvalue weighted by Gasteiger charge is 2.10. The van der Waals surface area contributed by atoms with Gasteiger partial charge in [0, 0.05) is 20.1 Å². The quantitative estimate of drug-likeness (QED) is 0.402. The van der Waals surface area contributed by atoms with Gasteiger partial charge in [-0.3, -0.25) is 4.99 Å². The summed E-state index contributed by atoms with van der Waals surface area (Å²) in [5, 5.41) is 3.37. The van der Waals surface area contributed by atoms with Gasteiger partial charge in [0.1, 0.15) is 12.4 Å². The molecule has 1 saturated heterocycles. The molecule has 0 aliphatic carbocycles. The minimum Gasteiger partial charge on any atom is -0.492 e. The number of benzene rings is 1. The Morgan fingerprint density at radius 1 is 1.20 bits per heavy atom. The molecular formula is C20H34N4O. The molecule has 140 valence electrons. The van der Waals surface area contributed by atoms with Crippen molar-refractivity contribution in [1.29, 1.82) is 0 Å². The molecule has 0 saturated carbocycles. The second kappa shape index (κ2) is 11.7. The summed E-state index contributed by atoms with van der Waals surface area (Å²) >= 11 is 0. The average Bonchev–Trinajstić information content (AvgIpc) is 3.15. The third-order valence-electron chi connectivity index (χ3n) is 4.48. The number of likely N-dealkylation sites (N-methyl/N-ethyl adjacent to an activating group) is 1. The molecule has 5 nitrogen and oxygen atoms in total. The number of aliphatic imine (C=N–C) groups is 1. The molecule has 2 rings (SSSR count). The smallest absolute Gasteiger partial charge is 0.193 e. The molecule has 1 heterocycles. The van der Waals surface area contributed by atoms with Crippen LogP contribution in [0.25, 0.3) is 0 Å². The highest BCUT2D eigenvalue weighted by molar-refractivity contribution is 5.79. The number of nitrogens with one attached hydrogen (secondary N) is 1. The summed E-state index contributed by atoms with van der Waals surface area (Å²) in [4.78, 5) is 9.48. The number of rotatable bonds is 10. The van der Waals surface area contributed by atoms with E-state index in [2.05, 4.69) is 29.1 Å². The molecule has 1 fully saturated rings. The highest BCUT2D eigenvalue weighted by atomic mass is 16.5. The number of guanidine groups is 1. The second-order valence-electron chi connectivity index (χ2n) is 6.57. The summed E-state index contributed by atoms with van der Waals surface area (Å²) in [7, 11) is 2.07. The Bertz CT molecular complexity index is 486. The van der Waals surface area contributed by atoms with Crippen molar-refractivity contribution in [2.45, 2.75) is 32.6 Å². The van der Waals surface area contributed by atoms with Gasteiger partial charge < -0.3 is 19.9 Å². The summed E-state index contributed by atoms with van der Waals surface area (Å²) in [6.07, 6.45) is 5.14. The SMILES string of the molecule is CCNC(=NCCCCN1CCCC1)N(C)CCOc1ccccc1. The molecule has 1 aliphatic rings. The van der Waals surface area contributed by atoms with Crippen LogP contribution in [0.2, 0.25) is 0 Å². The first-order valence-electron chi connectivity index (χ1n) is 9.69. The van der Waals surface area contributed by atoms with Crippen molar-refractivity contribution in [2.75, 3.05) is 52.9 Å². The van der Waals surface area contributed by atoms with Gasteiger partial charge in [0.15, 0.2) is 5.96 Å². The molecule has 0 spiro atoms. The first-order valence-corrected chi connectivity index (χ1v) is 9.69. The number of para-hydroxylation sites is 1. The Balaban J connectivity index is 1.65. The number of nitrogens with zero attached hydrogens (tertiary/aromatic N) is 3. The highest BCUT2D eigenvalue weighted by Crippen LogP contribution is 2.09. The lowest BCUT2D eigenvalue weighted by Crippen LogP contribution is -2.41. The van der Waals surface area contributed by atoms with Crippen molar-refractivity contribution in [3.63, 3.8) is 0 Å². The topological polar surface area (TPSA) is 40.1 Å². The van der Waals surface area contributed by atoms with Crippen LogP contribution in [0.5, 0.6) is 5.75 Å². The van der Waals surface area contributed by atoms with E-state index < -0.39 is 0 Å². The van der Waals surface area contributed by atoms with Crippen LogP contribution in [0.4, 0.5) is 0 Å². The Labute approximate surface area is 153 Å². The normalized spacial score (nSPS) is 15.4. The van der Waals surface area contributed by atoms with Crippen molar-refractivity contribution in [2.24, 2.45) is 4.99 Å². The fourth-order valence-corrected chi connectivity index (χ4v) is 3.03. The zero-order chi connectivity index (χ0) is 17.7. The maximum absolute atomic E-state index is 5.77. The summed E-state index contributed by atoms with van der Waals surface area (Å²) in [6, 6.07) is 9.96. The minimum atomic E-state index is 0.653. The van der Waals surface area contributed by atoms with E-state index in [1.54, 1.807) is 0 Å². The van der Waals surface area contributed by atoms with Crippen LogP contribution >= 0.6 is 0 Å². The van der Waals surface area contributed by atoms with Gasteiger partial charge in [0.2, 0.25) is 0 Å². The molecule has 1 aromatic carbocycles. The molecule has 1 aliphatic heterocycles. The third kappa shape index (κ3) is 7.78. The van der Waals surface area contributed by atoms with Gasteiger partial charge in [-0.05, 0) is 64.4 Å². The summed E-state index contributed by atoms with van der Waals surface area (Å²) < 4.78 is 5.77. The van der Waals surface area contributed by atoms with Crippen LogP contribution in [0.1, 0.15) is 32.6 Å². The van der Waals surface area contributed by atoms with E-state index in [-0.39, 0.29) is 0 Å². The molecule has 0 radical (unpaired) electrons. The van der Waals surface area contributed by atoms with Crippen LogP contribution in [0.15, 0.2) is 35.3 Å². The fourth-order valence-electron chi connectivity index (χ4n) is 3.03. The monoisotopic (exact) mass is 346 g/mol. The molecule has 25 heavy (non-hydrogen) atoms. The Morgan fingerprint density at radius 3 is 2.68 bits per heavy atom. The van der Waals surface area contributed by atoms with Crippen LogP contribution in [0, 0.1) is 0 Å². The summed E-state index contributed by atoms with van der Waals surface area (Å²) in [5.41, 5.74) is 0. The Kier molecular flexibility index (Phi) is 9.19. The molecule has 0 amide bonds.